The van der Waals surface area contributed by atoms with Gasteiger partial charge in [0, 0.05) is 19.3 Å². The average Bonchev–Trinajstić information content (AvgIpc) is 3.47. The second kappa shape index (κ2) is 68.8. The minimum Gasteiger partial charge on any atom is -0.462 e. The number of rotatable bonds is 60. The molecule has 1 unspecified atom stereocenters. The van der Waals surface area contributed by atoms with Crippen LogP contribution in [0.2, 0.25) is 0 Å². The van der Waals surface area contributed by atoms with Gasteiger partial charge in [-0.05, 0) is 122 Å². The van der Waals surface area contributed by atoms with Crippen LogP contribution in [0.25, 0.3) is 0 Å². The van der Waals surface area contributed by atoms with E-state index < -0.39 is 6.10 Å². The van der Waals surface area contributed by atoms with E-state index in [-0.39, 0.29) is 31.1 Å². The zero-order valence-corrected chi connectivity index (χ0v) is 53.2. The first-order valence-corrected chi connectivity index (χ1v) is 33.8. The molecule has 6 heteroatoms. The van der Waals surface area contributed by atoms with Crippen LogP contribution in [0.15, 0.2) is 146 Å². The van der Waals surface area contributed by atoms with Crippen LogP contribution >= 0.6 is 0 Å². The zero-order chi connectivity index (χ0) is 59.2. The van der Waals surface area contributed by atoms with Gasteiger partial charge in [0.1, 0.15) is 13.2 Å². The van der Waals surface area contributed by atoms with Crippen molar-refractivity contribution < 1.29 is 28.6 Å². The van der Waals surface area contributed by atoms with Crippen molar-refractivity contribution >= 4 is 17.9 Å². The van der Waals surface area contributed by atoms with E-state index in [2.05, 4.69) is 167 Å². The molecule has 464 valence electrons. The van der Waals surface area contributed by atoms with E-state index in [4.69, 9.17) is 14.2 Å². The van der Waals surface area contributed by atoms with Gasteiger partial charge in [0.2, 0.25) is 0 Å². The molecule has 6 nitrogen and oxygen atoms in total. The molecule has 0 amide bonds. The maximum absolute atomic E-state index is 12.9. The van der Waals surface area contributed by atoms with Crippen LogP contribution in [0.1, 0.15) is 297 Å². The van der Waals surface area contributed by atoms with E-state index in [0.717, 1.165) is 148 Å². The lowest BCUT2D eigenvalue weighted by molar-refractivity contribution is -0.167. The maximum Gasteiger partial charge on any atom is 0.306 e. The SMILES string of the molecule is CC/C=C\C/C=C\C/C=C\C/C=C\C/C=C\C/C=C\C/C=C\C/C=C\C/C=C\CCCCCCCCCC(=O)OCC(COC(=O)CCCCCCCCCCCCCC)OC(=O)CCCCCCCCC/C=C\C/C=C\C/C=C\CC. The van der Waals surface area contributed by atoms with Gasteiger partial charge in [-0.2, -0.15) is 0 Å². The van der Waals surface area contributed by atoms with Crippen LogP contribution < -0.4 is 0 Å². The highest BCUT2D eigenvalue weighted by Gasteiger charge is 2.19. The third-order valence-corrected chi connectivity index (χ3v) is 14.1. The van der Waals surface area contributed by atoms with Crippen molar-refractivity contribution in [3.05, 3.63) is 146 Å². The van der Waals surface area contributed by atoms with Crippen molar-refractivity contribution in [3.8, 4) is 0 Å². The van der Waals surface area contributed by atoms with E-state index in [1.807, 2.05) is 0 Å². The molecule has 0 saturated carbocycles. The molecular formula is C76H124O6. The zero-order valence-electron chi connectivity index (χ0n) is 53.2. The number of carbonyl (C=O) groups is 3. The molecule has 0 radical (unpaired) electrons. The topological polar surface area (TPSA) is 78.9 Å². The Kier molecular flexibility index (Phi) is 64.8. The second-order valence-corrected chi connectivity index (χ2v) is 22.0. The maximum atomic E-state index is 12.9. The summed E-state index contributed by atoms with van der Waals surface area (Å²) in [5, 5.41) is 0. The lowest BCUT2D eigenvalue weighted by Gasteiger charge is -2.18. The standard InChI is InChI=1S/C76H124O6/c1-4-7-10-13-16-19-22-25-27-29-30-31-32-33-34-35-36-37-38-39-40-41-42-43-44-45-46-48-49-51-54-57-60-63-66-69-75(78)81-72-73(71-80-74(77)68-65-62-59-56-53-24-21-18-15-12-9-6-3)82-76(79)70-67-64-61-58-55-52-50-47-28-26-23-20-17-14-11-8-5-2/h7-8,10-11,16-17,19-20,25-28,30-31,33-34,36-37,39-40,42-43,45-46,73H,4-6,9,12-15,18,21-24,29,32,35,38,41,44,47-72H2,1-3H3/b10-7-,11-8-,19-16-,20-17-,27-25-,28-26-,31-30-,34-33-,37-36-,40-39-,43-42-,46-45-. The predicted octanol–water partition coefficient (Wildman–Crippen LogP) is 23.5. The first-order chi connectivity index (χ1) is 40.5. The van der Waals surface area contributed by atoms with Gasteiger partial charge in [-0.1, -0.05) is 301 Å². The number of ether oxygens (including phenoxy) is 3. The summed E-state index contributed by atoms with van der Waals surface area (Å²) in [4.78, 5) is 38.3. The number of esters is 3. The minimum atomic E-state index is -0.792. The van der Waals surface area contributed by atoms with Gasteiger partial charge < -0.3 is 14.2 Å². The van der Waals surface area contributed by atoms with Crippen LogP contribution in [0.5, 0.6) is 0 Å². The van der Waals surface area contributed by atoms with Gasteiger partial charge in [0.25, 0.3) is 0 Å². The Labute approximate surface area is 506 Å². The van der Waals surface area contributed by atoms with Gasteiger partial charge in [-0.15, -0.1) is 0 Å². The lowest BCUT2D eigenvalue weighted by atomic mass is 10.0. The summed E-state index contributed by atoms with van der Waals surface area (Å²) in [6.07, 6.45) is 98.6. The molecule has 82 heavy (non-hydrogen) atoms. The summed E-state index contributed by atoms with van der Waals surface area (Å²) in [5.41, 5.74) is 0. The molecule has 0 spiro atoms. The Bertz CT molecular complexity index is 1780. The lowest BCUT2D eigenvalue weighted by Crippen LogP contribution is -2.30. The molecule has 0 aromatic rings. The summed E-state index contributed by atoms with van der Waals surface area (Å²) >= 11 is 0. The van der Waals surface area contributed by atoms with Gasteiger partial charge in [0.15, 0.2) is 6.10 Å². The number of allylic oxidation sites excluding steroid dienone is 24. The Hall–Kier alpha value is -4.71. The molecule has 0 fully saturated rings. The number of hydrogen-bond donors (Lipinski definition) is 0. The van der Waals surface area contributed by atoms with Gasteiger partial charge in [-0.3, -0.25) is 14.4 Å². The van der Waals surface area contributed by atoms with Crippen molar-refractivity contribution in [1.29, 1.82) is 0 Å². The molecule has 0 N–H and O–H groups in total. The predicted molar refractivity (Wildman–Crippen MR) is 357 cm³/mol. The van der Waals surface area contributed by atoms with E-state index in [1.165, 1.54) is 109 Å². The molecule has 0 rings (SSSR count). The van der Waals surface area contributed by atoms with Crippen molar-refractivity contribution in [2.75, 3.05) is 13.2 Å². The first kappa shape index (κ1) is 77.3. The summed E-state index contributed by atoms with van der Waals surface area (Å²) < 4.78 is 16.9. The van der Waals surface area contributed by atoms with Crippen LogP contribution in [0, 0.1) is 0 Å². The van der Waals surface area contributed by atoms with Gasteiger partial charge in [0.05, 0.1) is 0 Å². The third-order valence-electron chi connectivity index (χ3n) is 14.1. The van der Waals surface area contributed by atoms with Crippen LogP contribution in [0.4, 0.5) is 0 Å². The molecule has 0 heterocycles. The quantitative estimate of drug-likeness (QED) is 0.0261. The monoisotopic (exact) mass is 1130 g/mol. The molecule has 0 aliphatic carbocycles. The number of unbranched alkanes of at least 4 members (excludes halogenated alkanes) is 25. The third kappa shape index (κ3) is 66.1. The van der Waals surface area contributed by atoms with Gasteiger partial charge >= 0.3 is 17.9 Å². The van der Waals surface area contributed by atoms with E-state index >= 15 is 0 Å². The Morgan fingerprint density at radius 3 is 0.744 bits per heavy atom. The number of carbonyl (C=O) groups excluding carboxylic acids is 3. The van der Waals surface area contributed by atoms with Crippen LogP contribution in [0.3, 0.4) is 0 Å². The van der Waals surface area contributed by atoms with Crippen molar-refractivity contribution in [1.82, 2.24) is 0 Å². The van der Waals surface area contributed by atoms with E-state index in [9.17, 15) is 14.4 Å². The fraction of sp³-hybridized carbons (Fsp3) is 0.645. The smallest absolute Gasteiger partial charge is 0.306 e. The van der Waals surface area contributed by atoms with Crippen molar-refractivity contribution in [3.63, 3.8) is 0 Å². The Balaban J connectivity index is 4.28. The fourth-order valence-electron chi connectivity index (χ4n) is 9.10. The normalized spacial score (nSPS) is 13.1. The summed E-state index contributed by atoms with van der Waals surface area (Å²) in [7, 11) is 0. The molecule has 0 aliphatic heterocycles. The van der Waals surface area contributed by atoms with Gasteiger partial charge in [-0.25, -0.2) is 0 Å². The van der Waals surface area contributed by atoms with E-state index in [0.29, 0.717) is 19.3 Å². The second-order valence-electron chi connectivity index (χ2n) is 22.0. The molecule has 0 bridgehead atoms. The summed E-state index contributed by atoms with van der Waals surface area (Å²) in [6.45, 7) is 6.41. The summed E-state index contributed by atoms with van der Waals surface area (Å²) in [5.74, 6) is -0.905. The van der Waals surface area contributed by atoms with E-state index in [1.54, 1.807) is 0 Å². The van der Waals surface area contributed by atoms with Crippen LogP contribution in [-0.2, 0) is 28.6 Å². The van der Waals surface area contributed by atoms with Crippen LogP contribution in [-0.4, -0.2) is 37.2 Å². The number of hydrogen-bond acceptors (Lipinski definition) is 6. The molecule has 0 saturated heterocycles. The fourth-order valence-corrected chi connectivity index (χ4v) is 9.10. The molecule has 0 aromatic carbocycles. The average molecular weight is 1130 g/mol. The Morgan fingerprint density at radius 2 is 0.476 bits per heavy atom. The largest absolute Gasteiger partial charge is 0.462 e. The molecule has 1 atom stereocenters. The highest BCUT2D eigenvalue weighted by Crippen LogP contribution is 2.16. The summed E-state index contributed by atoms with van der Waals surface area (Å²) in [6, 6.07) is 0. The first-order valence-electron chi connectivity index (χ1n) is 33.8. The Morgan fingerprint density at radius 1 is 0.256 bits per heavy atom. The highest BCUT2D eigenvalue weighted by molar-refractivity contribution is 5.71. The van der Waals surface area contributed by atoms with Crippen molar-refractivity contribution in [2.24, 2.45) is 0 Å². The minimum absolute atomic E-state index is 0.0867. The van der Waals surface area contributed by atoms with Crippen molar-refractivity contribution in [2.45, 2.75) is 303 Å². The molecular weight excluding hydrogens is 1010 g/mol. The highest BCUT2D eigenvalue weighted by atomic mass is 16.6. The molecule has 0 aliphatic rings. The molecule has 0 aromatic heterocycles.